The average Bonchev–Trinajstić information content (AvgIpc) is 2.63. The molecule has 0 bridgehead atoms. The van der Waals surface area contributed by atoms with Crippen LogP contribution in [0.25, 0.3) is 0 Å². The van der Waals surface area contributed by atoms with Gasteiger partial charge in [0.1, 0.15) is 0 Å². The fourth-order valence-electron chi connectivity index (χ4n) is 2.65. The van der Waals surface area contributed by atoms with Crippen molar-refractivity contribution in [2.24, 2.45) is 5.73 Å². The van der Waals surface area contributed by atoms with Crippen molar-refractivity contribution < 1.29 is 8.42 Å². The molecule has 1 aliphatic carbocycles. The lowest BCUT2D eigenvalue weighted by Crippen LogP contribution is -2.49. The van der Waals surface area contributed by atoms with Crippen LogP contribution in [-0.4, -0.2) is 20.5 Å². The first-order valence-corrected chi connectivity index (χ1v) is 8.75. The Morgan fingerprint density at radius 3 is 2.14 bits per heavy atom. The van der Waals surface area contributed by atoms with Gasteiger partial charge in [0.15, 0.2) is 0 Å². The minimum atomic E-state index is -3.46. The van der Waals surface area contributed by atoms with Gasteiger partial charge in [0.2, 0.25) is 10.0 Å². The van der Waals surface area contributed by atoms with E-state index in [0.29, 0.717) is 11.4 Å². The molecule has 1 aromatic carbocycles. The summed E-state index contributed by atoms with van der Waals surface area (Å²) in [6.07, 6.45) is 6.35. The van der Waals surface area contributed by atoms with Gasteiger partial charge in [-0.05, 0) is 31.9 Å². The molecule has 2 rings (SSSR count). The van der Waals surface area contributed by atoms with Crippen LogP contribution >= 0.6 is 12.4 Å². The number of nitrogens with two attached hydrogens (primary N) is 1. The molecule has 0 aromatic heterocycles. The molecule has 0 unspecified atom stereocenters. The maximum Gasteiger partial charge on any atom is 0.240 e. The lowest BCUT2D eigenvalue weighted by Gasteiger charge is -2.28. The predicted molar refractivity (Wildman–Crippen MR) is 88.2 cm³/mol. The molecule has 1 saturated carbocycles. The molecule has 0 saturated heterocycles. The van der Waals surface area contributed by atoms with Crippen LogP contribution in [0.5, 0.6) is 0 Å². The molecule has 120 valence electrons. The SMILES string of the molecule is Cc1ccc(S(=O)(=O)NCC2(N)CCCCCC2)cc1.Cl. The third-order valence-electron chi connectivity index (χ3n) is 4.04. The molecule has 6 heteroatoms. The van der Waals surface area contributed by atoms with E-state index in [1.54, 1.807) is 24.3 Å². The van der Waals surface area contributed by atoms with Crippen LogP contribution in [0.2, 0.25) is 0 Å². The third-order valence-corrected chi connectivity index (χ3v) is 5.46. The van der Waals surface area contributed by atoms with Gasteiger partial charge in [0.25, 0.3) is 0 Å². The van der Waals surface area contributed by atoms with Crippen molar-refractivity contribution in [2.45, 2.75) is 55.9 Å². The summed E-state index contributed by atoms with van der Waals surface area (Å²) < 4.78 is 27.2. The largest absolute Gasteiger partial charge is 0.324 e. The minimum Gasteiger partial charge on any atom is -0.324 e. The van der Waals surface area contributed by atoms with Crippen molar-refractivity contribution >= 4 is 22.4 Å². The van der Waals surface area contributed by atoms with Gasteiger partial charge in [0, 0.05) is 12.1 Å². The predicted octanol–water partition coefficient (Wildman–Crippen LogP) is 2.75. The van der Waals surface area contributed by atoms with E-state index >= 15 is 0 Å². The highest BCUT2D eigenvalue weighted by Crippen LogP contribution is 2.24. The topological polar surface area (TPSA) is 72.2 Å². The van der Waals surface area contributed by atoms with E-state index in [1.165, 1.54) is 12.8 Å². The summed E-state index contributed by atoms with van der Waals surface area (Å²) in [7, 11) is -3.46. The summed E-state index contributed by atoms with van der Waals surface area (Å²) in [6.45, 7) is 2.26. The Labute approximate surface area is 134 Å². The zero-order valence-electron chi connectivity index (χ0n) is 12.5. The second-order valence-electron chi connectivity index (χ2n) is 5.91. The molecule has 1 fully saturated rings. The smallest absolute Gasteiger partial charge is 0.240 e. The molecule has 4 nitrogen and oxygen atoms in total. The third kappa shape index (κ3) is 5.25. The van der Waals surface area contributed by atoms with Crippen LogP contribution in [0.4, 0.5) is 0 Å². The number of aryl methyl sites for hydroxylation is 1. The number of rotatable bonds is 4. The number of nitrogens with one attached hydrogen (secondary N) is 1. The number of hydrogen-bond donors (Lipinski definition) is 2. The van der Waals surface area contributed by atoms with E-state index in [4.69, 9.17) is 5.73 Å². The Bertz CT molecular complexity index is 535. The Morgan fingerprint density at radius 2 is 1.62 bits per heavy atom. The van der Waals surface area contributed by atoms with Gasteiger partial charge in [-0.25, -0.2) is 13.1 Å². The van der Waals surface area contributed by atoms with Crippen molar-refractivity contribution in [3.8, 4) is 0 Å². The van der Waals surface area contributed by atoms with Gasteiger partial charge in [-0.15, -0.1) is 12.4 Å². The van der Waals surface area contributed by atoms with E-state index in [1.807, 2.05) is 6.92 Å². The summed E-state index contributed by atoms with van der Waals surface area (Å²) in [5.74, 6) is 0. The molecule has 0 atom stereocenters. The Kier molecular flexibility index (Phi) is 6.66. The quantitative estimate of drug-likeness (QED) is 0.833. The maximum atomic E-state index is 12.2. The van der Waals surface area contributed by atoms with Crippen molar-refractivity contribution in [3.63, 3.8) is 0 Å². The Morgan fingerprint density at radius 1 is 1.10 bits per heavy atom. The molecule has 0 aliphatic heterocycles. The number of hydrogen-bond acceptors (Lipinski definition) is 3. The van der Waals surface area contributed by atoms with E-state index in [-0.39, 0.29) is 12.4 Å². The van der Waals surface area contributed by atoms with Gasteiger partial charge >= 0.3 is 0 Å². The lowest BCUT2D eigenvalue weighted by molar-refractivity contribution is 0.369. The van der Waals surface area contributed by atoms with Gasteiger partial charge < -0.3 is 5.73 Å². The first-order chi connectivity index (χ1) is 9.41. The van der Waals surface area contributed by atoms with Crippen molar-refractivity contribution in [3.05, 3.63) is 29.8 Å². The fraction of sp³-hybridized carbons (Fsp3) is 0.600. The molecule has 1 aromatic rings. The molecule has 21 heavy (non-hydrogen) atoms. The standard InChI is InChI=1S/C15H24N2O2S.ClH/c1-13-6-8-14(9-7-13)20(18,19)17-12-15(16)10-4-2-3-5-11-15;/h6-9,17H,2-5,10-12,16H2,1H3;1H. The maximum absolute atomic E-state index is 12.2. The summed E-state index contributed by atoms with van der Waals surface area (Å²) in [6, 6.07) is 6.87. The van der Waals surface area contributed by atoms with Crippen molar-refractivity contribution in [1.82, 2.24) is 4.72 Å². The van der Waals surface area contributed by atoms with Gasteiger partial charge in [-0.2, -0.15) is 0 Å². The fourth-order valence-corrected chi connectivity index (χ4v) is 3.79. The normalized spacial score (nSPS) is 18.6. The lowest BCUT2D eigenvalue weighted by atomic mass is 9.92. The highest BCUT2D eigenvalue weighted by molar-refractivity contribution is 7.89. The first-order valence-electron chi connectivity index (χ1n) is 7.27. The number of benzene rings is 1. The van der Waals surface area contributed by atoms with Crippen LogP contribution in [0, 0.1) is 6.92 Å². The van der Waals surface area contributed by atoms with E-state index in [0.717, 1.165) is 31.2 Å². The van der Waals surface area contributed by atoms with Crippen LogP contribution in [0.15, 0.2) is 29.2 Å². The van der Waals surface area contributed by atoms with Crippen molar-refractivity contribution in [2.75, 3.05) is 6.54 Å². The number of sulfonamides is 1. The average molecular weight is 333 g/mol. The highest BCUT2D eigenvalue weighted by Gasteiger charge is 2.28. The van der Waals surface area contributed by atoms with Gasteiger partial charge in [-0.3, -0.25) is 0 Å². The molecule has 0 radical (unpaired) electrons. The Balaban J connectivity index is 0.00000220. The zero-order valence-corrected chi connectivity index (χ0v) is 14.1. The zero-order chi connectivity index (χ0) is 14.6. The molecular weight excluding hydrogens is 308 g/mol. The summed E-state index contributed by atoms with van der Waals surface area (Å²) in [5.41, 5.74) is 6.99. The molecule has 0 heterocycles. The summed E-state index contributed by atoms with van der Waals surface area (Å²) in [5, 5.41) is 0. The molecule has 3 N–H and O–H groups in total. The number of halogens is 1. The first kappa shape index (κ1) is 18.4. The Hall–Kier alpha value is -0.620. The van der Waals surface area contributed by atoms with Gasteiger partial charge in [0.05, 0.1) is 4.90 Å². The second-order valence-corrected chi connectivity index (χ2v) is 7.68. The van der Waals surface area contributed by atoms with Crippen LogP contribution in [-0.2, 0) is 10.0 Å². The van der Waals surface area contributed by atoms with Crippen LogP contribution in [0.1, 0.15) is 44.1 Å². The van der Waals surface area contributed by atoms with Crippen LogP contribution in [0.3, 0.4) is 0 Å². The van der Waals surface area contributed by atoms with Crippen molar-refractivity contribution in [1.29, 1.82) is 0 Å². The van der Waals surface area contributed by atoms with Crippen LogP contribution < -0.4 is 10.5 Å². The minimum absolute atomic E-state index is 0. The second kappa shape index (κ2) is 7.58. The monoisotopic (exact) mass is 332 g/mol. The van der Waals surface area contributed by atoms with E-state index in [2.05, 4.69) is 4.72 Å². The van der Waals surface area contributed by atoms with E-state index < -0.39 is 15.6 Å². The van der Waals surface area contributed by atoms with E-state index in [9.17, 15) is 8.42 Å². The molecular formula is C15H25ClN2O2S. The highest BCUT2D eigenvalue weighted by atomic mass is 35.5. The van der Waals surface area contributed by atoms with Gasteiger partial charge in [-0.1, -0.05) is 43.4 Å². The molecule has 1 aliphatic rings. The molecule has 0 amide bonds. The summed E-state index contributed by atoms with van der Waals surface area (Å²) >= 11 is 0. The molecule has 0 spiro atoms. The summed E-state index contributed by atoms with van der Waals surface area (Å²) in [4.78, 5) is 0.306.